The summed E-state index contributed by atoms with van der Waals surface area (Å²) in [6, 6.07) is -0.759. The Kier molecular flexibility index (Phi) is 6.82. The number of amides is 2. The van der Waals surface area contributed by atoms with Gasteiger partial charge in [-0.2, -0.15) is 13.2 Å². The summed E-state index contributed by atoms with van der Waals surface area (Å²) in [6.45, 7) is 1.80. The first-order chi connectivity index (χ1) is 8.58. The fourth-order valence-electron chi connectivity index (χ4n) is 1.30. The molecule has 0 aliphatic carbocycles. The van der Waals surface area contributed by atoms with E-state index in [1.54, 1.807) is 12.2 Å². The Morgan fingerprint density at radius 3 is 2.32 bits per heavy atom. The lowest BCUT2D eigenvalue weighted by molar-refractivity contribution is -0.142. The van der Waals surface area contributed by atoms with Crippen LogP contribution in [-0.2, 0) is 9.59 Å². The molecule has 5 nitrogen and oxygen atoms in total. The molecular formula is C11H20F3N3O2. The number of hydrogen-bond acceptors (Lipinski definition) is 3. The number of nitrogens with one attached hydrogen (secondary N) is 1. The quantitative estimate of drug-likeness (QED) is 0.745. The number of alkyl halides is 3. The Labute approximate surface area is 110 Å². The molecule has 2 atom stereocenters. The van der Waals surface area contributed by atoms with Crippen molar-refractivity contribution in [3.63, 3.8) is 0 Å². The van der Waals surface area contributed by atoms with Gasteiger partial charge in [-0.3, -0.25) is 9.59 Å². The molecule has 0 radical (unpaired) electrons. The average molecular weight is 283 g/mol. The van der Waals surface area contributed by atoms with Crippen LogP contribution in [0.1, 0.15) is 20.3 Å². The van der Waals surface area contributed by atoms with Crippen LogP contribution < -0.4 is 11.1 Å². The van der Waals surface area contributed by atoms with E-state index in [1.807, 2.05) is 6.92 Å². The molecule has 0 aromatic rings. The minimum Gasteiger partial charge on any atom is -0.345 e. The van der Waals surface area contributed by atoms with Crippen molar-refractivity contribution in [2.45, 2.75) is 32.5 Å². The molecule has 112 valence electrons. The van der Waals surface area contributed by atoms with Crippen molar-refractivity contribution in [3.8, 4) is 0 Å². The number of carbonyl (C=O) groups is 2. The molecule has 0 aromatic heterocycles. The number of hydrogen-bond donors (Lipinski definition) is 2. The minimum atomic E-state index is -4.47. The van der Waals surface area contributed by atoms with Gasteiger partial charge in [0.25, 0.3) is 0 Å². The number of halogens is 3. The highest BCUT2D eigenvalue weighted by Crippen LogP contribution is 2.12. The zero-order valence-electron chi connectivity index (χ0n) is 11.3. The summed E-state index contributed by atoms with van der Waals surface area (Å²) in [6.07, 6.45) is -3.77. The zero-order chi connectivity index (χ0) is 15.2. The molecule has 2 amide bonds. The molecule has 0 fully saturated rings. The highest BCUT2D eigenvalue weighted by molar-refractivity contribution is 5.87. The molecule has 0 spiro atoms. The van der Waals surface area contributed by atoms with Gasteiger partial charge in [0.05, 0.1) is 12.6 Å². The summed E-state index contributed by atoms with van der Waals surface area (Å²) >= 11 is 0. The molecule has 0 aliphatic rings. The average Bonchev–Trinajstić information content (AvgIpc) is 2.32. The molecule has 0 saturated carbocycles. The van der Waals surface area contributed by atoms with Crippen LogP contribution in [0.4, 0.5) is 13.2 Å². The second-order valence-corrected chi connectivity index (χ2v) is 4.50. The maximum atomic E-state index is 11.9. The molecule has 8 heteroatoms. The Hall–Kier alpha value is -1.31. The van der Waals surface area contributed by atoms with E-state index in [4.69, 9.17) is 5.73 Å². The smallest absolute Gasteiger partial charge is 0.345 e. The van der Waals surface area contributed by atoms with Gasteiger partial charge in [-0.1, -0.05) is 20.3 Å². The topological polar surface area (TPSA) is 75.4 Å². The van der Waals surface area contributed by atoms with Gasteiger partial charge < -0.3 is 16.0 Å². The summed E-state index contributed by atoms with van der Waals surface area (Å²) in [5.41, 5.74) is 5.69. The first-order valence-corrected chi connectivity index (χ1v) is 5.92. The third-order valence-corrected chi connectivity index (χ3v) is 2.79. The molecule has 19 heavy (non-hydrogen) atoms. The lowest BCUT2D eigenvalue weighted by Crippen LogP contribution is -2.49. The van der Waals surface area contributed by atoms with Crippen molar-refractivity contribution in [2.75, 3.05) is 20.1 Å². The van der Waals surface area contributed by atoms with Crippen LogP contribution in [0.15, 0.2) is 0 Å². The van der Waals surface area contributed by atoms with Crippen molar-refractivity contribution in [1.82, 2.24) is 10.2 Å². The molecule has 0 aromatic carbocycles. The van der Waals surface area contributed by atoms with E-state index in [1.165, 1.54) is 7.05 Å². The lowest BCUT2D eigenvalue weighted by Gasteiger charge is -2.24. The van der Waals surface area contributed by atoms with Crippen molar-refractivity contribution >= 4 is 11.8 Å². The van der Waals surface area contributed by atoms with Crippen molar-refractivity contribution in [2.24, 2.45) is 11.7 Å². The predicted molar refractivity (Wildman–Crippen MR) is 64.1 cm³/mol. The second kappa shape index (κ2) is 7.32. The largest absolute Gasteiger partial charge is 0.405 e. The van der Waals surface area contributed by atoms with Gasteiger partial charge in [0, 0.05) is 7.05 Å². The van der Waals surface area contributed by atoms with Crippen LogP contribution in [0.25, 0.3) is 0 Å². The molecule has 0 rings (SSSR count). The molecule has 0 aliphatic heterocycles. The first-order valence-electron chi connectivity index (χ1n) is 5.92. The summed E-state index contributed by atoms with van der Waals surface area (Å²) in [5.74, 6) is -1.39. The van der Waals surface area contributed by atoms with Gasteiger partial charge in [-0.15, -0.1) is 0 Å². The van der Waals surface area contributed by atoms with Crippen molar-refractivity contribution < 1.29 is 22.8 Å². The van der Waals surface area contributed by atoms with Crippen LogP contribution in [0.5, 0.6) is 0 Å². The third kappa shape index (κ3) is 7.00. The van der Waals surface area contributed by atoms with Gasteiger partial charge in [-0.05, 0) is 5.92 Å². The number of rotatable bonds is 6. The summed E-state index contributed by atoms with van der Waals surface area (Å²) < 4.78 is 35.6. The highest BCUT2D eigenvalue weighted by atomic mass is 19.4. The maximum absolute atomic E-state index is 11.9. The number of nitrogens with zero attached hydrogens (tertiary/aromatic N) is 1. The molecule has 0 heterocycles. The van der Waals surface area contributed by atoms with Gasteiger partial charge in [0.15, 0.2) is 0 Å². The summed E-state index contributed by atoms with van der Waals surface area (Å²) in [4.78, 5) is 24.0. The van der Waals surface area contributed by atoms with Crippen molar-refractivity contribution in [3.05, 3.63) is 0 Å². The Balaban J connectivity index is 4.26. The minimum absolute atomic E-state index is 0.0619. The number of likely N-dealkylation sites (N-methyl/N-ethyl adjacent to an activating group) is 1. The van der Waals surface area contributed by atoms with Crippen LogP contribution in [0.2, 0.25) is 0 Å². The summed E-state index contributed by atoms with van der Waals surface area (Å²) in [7, 11) is 1.33. The molecule has 0 bridgehead atoms. The van der Waals surface area contributed by atoms with E-state index in [9.17, 15) is 22.8 Å². The van der Waals surface area contributed by atoms with Crippen LogP contribution in [0, 0.1) is 5.92 Å². The molecule has 2 unspecified atom stereocenters. The second-order valence-electron chi connectivity index (χ2n) is 4.50. The lowest BCUT2D eigenvalue weighted by atomic mass is 9.99. The predicted octanol–water partition coefficient (Wildman–Crippen LogP) is 0.497. The van der Waals surface area contributed by atoms with E-state index in [-0.39, 0.29) is 5.92 Å². The Morgan fingerprint density at radius 1 is 1.37 bits per heavy atom. The number of nitrogens with two attached hydrogens (primary N) is 1. The highest BCUT2D eigenvalue weighted by Gasteiger charge is 2.29. The molecule has 3 N–H and O–H groups in total. The van der Waals surface area contributed by atoms with Crippen LogP contribution in [-0.4, -0.2) is 49.1 Å². The van der Waals surface area contributed by atoms with Crippen molar-refractivity contribution in [1.29, 1.82) is 0 Å². The van der Waals surface area contributed by atoms with E-state index < -0.39 is 37.1 Å². The standard InChI is InChI=1S/C11H20F3N3O2/c1-4-7(2)9(15)10(19)17(3)5-8(18)16-6-11(12,13)14/h7,9H,4-6,15H2,1-3H3,(H,16,18). The first kappa shape index (κ1) is 17.7. The van der Waals surface area contributed by atoms with E-state index in [2.05, 4.69) is 0 Å². The summed E-state index contributed by atoms with van der Waals surface area (Å²) in [5, 5.41) is 1.69. The van der Waals surface area contributed by atoms with Gasteiger partial charge in [0.2, 0.25) is 11.8 Å². The SMILES string of the molecule is CCC(C)C(N)C(=O)N(C)CC(=O)NCC(F)(F)F. The van der Waals surface area contributed by atoms with Gasteiger partial charge >= 0.3 is 6.18 Å². The van der Waals surface area contributed by atoms with E-state index >= 15 is 0 Å². The van der Waals surface area contributed by atoms with E-state index in [0.717, 1.165) is 4.90 Å². The fraction of sp³-hybridized carbons (Fsp3) is 0.818. The molecule has 0 saturated heterocycles. The third-order valence-electron chi connectivity index (χ3n) is 2.79. The van der Waals surface area contributed by atoms with E-state index in [0.29, 0.717) is 6.42 Å². The Morgan fingerprint density at radius 2 is 1.89 bits per heavy atom. The normalized spacial score (nSPS) is 14.7. The van der Waals surface area contributed by atoms with Crippen LogP contribution >= 0.6 is 0 Å². The Bertz CT molecular complexity index is 321. The van der Waals surface area contributed by atoms with Crippen LogP contribution in [0.3, 0.4) is 0 Å². The number of carbonyl (C=O) groups excluding carboxylic acids is 2. The zero-order valence-corrected chi connectivity index (χ0v) is 11.3. The monoisotopic (exact) mass is 283 g/mol. The maximum Gasteiger partial charge on any atom is 0.405 e. The van der Waals surface area contributed by atoms with Gasteiger partial charge in [-0.25, -0.2) is 0 Å². The fourth-order valence-corrected chi connectivity index (χ4v) is 1.30. The molecular weight excluding hydrogens is 263 g/mol. The van der Waals surface area contributed by atoms with Gasteiger partial charge in [0.1, 0.15) is 6.54 Å².